The van der Waals surface area contributed by atoms with Gasteiger partial charge in [-0.25, -0.2) is 18.4 Å². The maximum atomic E-state index is 12.6. The van der Waals surface area contributed by atoms with Crippen LogP contribution in [0.3, 0.4) is 0 Å². The summed E-state index contributed by atoms with van der Waals surface area (Å²) in [6.07, 6.45) is 3.28. The molecule has 1 saturated heterocycles. The van der Waals surface area contributed by atoms with Crippen molar-refractivity contribution in [1.82, 2.24) is 14.3 Å². The molecule has 1 atom stereocenters. The number of benzene rings is 2. The third-order valence-electron chi connectivity index (χ3n) is 4.99. The lowest BCUT2D eigenvalue weighted by molar-refractivity contribution is -0.115. The molecule has 1 aromatic heterocycles. The first-order valence-electron chi connectivity index (χ1n) is 9.72. The molecule has 2 heterocycles. The molecule has 156 valence electrons. The molecule has 1 unspecified atom stereocenters. The SMILES string of the molecule is CC(Sc1ncnc2ccccc12)C(=O)Nc1ccc(S(=O)(=O)N2CCCC2)cc1. The van der Waals surface area contributed by atoms with E-state index >= 15 is 0 Å². The summed E-state index contributed by atoms with van der Waals surface area (Å²) < 4.78 is 26.7. The van der Waals surface area contributed by atoms with Crippen LogP contribution in [0.2, 0.25) is 0 Å². The number of thioether (sulfide) groups is 1. The topological polar surface area (TPSA) is 92.3 Å². The number of hydrogen-bond acceptors (Lipinski definition) is 6. The Hall–Kier alpha value is -2.49. The summed E-state index contributed by atoms with van der Waals surface area (Å²) in [4.78, 5) is 21.4. The number of anilines is 1. The summed E-state index contributed by atoms with van der Waals surface area (Å²) in [5, 5.41) is 4.10. The first-order valence-corrected chi connectivity index (χ1v) is 12.0. The monoisotopic (exact) mass is 442 g/mol. The zero-order valence-electron chi connectivity index (χ0n) is 16.5. The Balaban J connectivity index is 1.43. The van der Waals surface area contributed by atoms with Gasteiger partial charge in [0.1, 0.15) is 11.4 Å². The van der Waals surface area contributed by atoms with Gasteiger partial charge in [-0.1, -0.05) is 30.0 Å². The molecule has 3 aromatic rings. The Labute approximate surface area is 180 Å². The van der Waals surface area contributed by atoms with Crippen LogP contribution in [0.25, 0.3) is 10.9 Å². The number of carbonyl (C=O) groups is 1. The van der Waals surface area contributed by atoms with Crippen molar-refractivity contribution >= 4 is 44.3 Å². The van der Waals surface area contributed by atoms with Crippen LogP contribution >= 0.6 is 11.8 Å². The Morgan fingerprint density at radius 3 is 2.50 bits per heavy atom. The van der Waals surface area contributed by atoms with Gasteiger partial charge >= 0.3 is 0 Å². The smallest absolute Gasteiger partial charge is 0.243 e. The third-order valence-corrected chi connectivity index (χ3v) is 8.02. The minimum Gasteiger partial charge on any atom is -0.325 e. The van der Waals surface area contributed by atoms with Crippen molar-refractivity contribution in [1.29, 1.82) is 0 Å². The molecule has 1 fully saturated rings. The van der Waals surface area contributed by atoms with Crippen molar-refractivity contribution in [3.05, 3.63) is 54.9 Å². The quantitative estimate of drug-likeness (QED) is 0.464. The van der Waals surface area contributed by atoms with Crippen LogP contribution in [0.1, 0.15) is 19.8 Å². The van der Waals surface area contributed by atoms with E-state index in [1.807, 2.05) is 31.2 Å². The number of para-hydroxylation sites is 1. The van der Waals surface area contributed by atoms with Gasteiger partial charge in [0.2, 0.25) is 15.9 Å². The van der Waals surface area contributed by atoms with E-state index in [1.165, 1.54) is 22.4 Å². The maximum absolute atomic E-state index is 12.6. The van der Waals surface area contributed by atoms with Gasteiger partial charge in [-0.2, -0.15) is 4.31 Å². The molecule has 0 radical (unpaired) electrons. The Kier molecular flexibility index (Phi) is 6.03. The van der Waals surface area contributed by atoms with Crippen LogP contribution in [-0.2, 0) is 14.8 Å². The van der Waals surface area contributed by atoms with E-state index in [-0.39, 0.29) is 10.8 Å². The fourth-order valence-corrected chi connectivity index (χ4v) is 5.75. The number of sulfonamides is 1. The fraction of sp³-hybridized carbons (Fsp3) is 0.286. The van der Waals surface area contributed by atoms with E-state index in [0.29, 0.717) is 18.8 Å². The lowest BCUT2D eigenvalue weighted by atomic mass is 10.2. The van der Waals surface area contributed by atoms with Crippen molar-refractivity contribution < 1.29 is 13.2 Å². The van der Waals surface area contributed by atoms with E-state index in [1.54, 1.807) is 24.3 Å². The molecule has 0 bridgehead atoms. The molecular weight excluding hydrogens is 420 g/mol. The van der Waals surface area contributed by atoms with Crippen LogP contribution in [-0.4, -0.2) is 46.9 Å². The van der Waals surface area contributed by atoms with E-state index in [9.17, 15) is 13.2 Å². The second-order valence-corrected chi connectivity index (χ2v) is 10.3. The molecule has 9 heteroatoms. The van der Waals surface area contributed by atoms with Crippen LogP contribution in [0.4, 0.5) is 5.69 Å². The average molecular weight is 443 g/mol. The lowest BCUT2D eigenvalue weighted by Gasteiger charge is -2.16. The van der Waals surface area contributed by atoms with Crippen molar-refractivity contribution in [2.75, 3.05) is 18.4 Å². The molecule has 2 aromatic carbocycles. The normalized spacial score (nSPS) is 15.9. The van der Waals surface area contributed by atoms with E-state index in [2.05, 4.69) is 15.3 Å². The van der Waals surface area contributed by atoms with Gasteiger partial charge in [0.25, 0.3) is 0 Å². The molecule has 1 aliphatic rings. The molecule has 1 N–H and O–H groups in total. The highest BCUT2D eigenvalue weighted by atomic mass is 32.2. The highest BCUT2D eigenvalue weighted by Crippen LogP contribution is 2.28. The van der Waals surface area contributed by atoms with E-state index in [4.69, 9.17) is 0 Å². The molecule has 0 spiro atoms. The van der Waals surface area contributed by atoms with Gasteiger partial charge in [0.05, 0.1) is 15.7 Å². The first kappa shape index (κ1) is 20.8. The number of hydrogen-bond donors (Lipinski definition) is 1. The first-order chi connectivity index (χ1) is 14.4. The molecule has 4 rings (SSSR count). The van der Waals surface area contributed by atoms with Crippen molar-refractivity contribution in [2.45, 2.75) is 34.9 Å². The largest absolute Gasteiger partial charge is 0.325 e. The van der Waals surface area contributed by atoms with Crippen molar-refractivity contribution in [3.63, 3.8) is 0 Å². The summed E-state index contributed by atoms with van der Waals surface area (Å²) in [6.45, 7) is 2.93. The number of aromatic nitrogens is 2. The summed E-state index contributed by atoms with van der Waals surface area (Å²) in [6, 6.07) is 14.0. The fourth-order valence-electron chi connectivity index (χ4n) is 3.33. The van der Waals surface area contributed by atoms with Gasteiger partial charge < -0.3 is 5.32 Å². The van der Waals surface area contributed by atoms with Gasteiger partial charge in [-0.05, 0) is 50.1 Å². The molecule has 7 nitrogen and oxygen atoms in total. The minimum atomic E-state index is -3.46. The molecule has 1 amide bonds. The summed E-state index contributed by atoms with van der Waals surface area (Å²) >= 11 is 1.36. The summed E-state index contributed by atoms with van der Waals surface area (Å²) in [5.74, 6) is -0.183. The second kappa shape index (κ2) is 8.71. The molecule has 30 heavy (non-hydrogen) atoms. The number of rotatable bonds is 6. The number of carbonyl (C=O) groups excluding carboxylic acids is 1. The molecule has 1 aliphatic heterocycles. The van der Waals surface area contributed by atoms with Gasteiger partial charge in [-0.3, -0.25) is 4.79 Å². The number of nitrogens with one attached hydrogen (secondary N) is 1. The van der Waals surface area contributed by atoms with Gasteiger partial charge in [0, 0.05) is 24.2 Å². The van der Waals surface area contributed by atoms with E-state index in [0.717, 1.165) is 28.8 Å². The predicted octanol–water partition coefficient (Wildman–Crippen LogP) is 3.53. The highest BCUT2D eigenvalue weighted by Gasteiger charge is 2.27. The Morgan fingerprint density at radius 1 is 1.07 bits per heavy atom. The minimum absolute atomic E-state index is 0.183. The van der Waals surface area contributed by atoms with Crippen molar-refractivity contribution in [3.8, 4) is 0 Å². The number of amides is 1. The average Bonchev–Trinajstić information content (AvgIpc) is 3.30. The zero-order valence-corrected chi connectivity index (χ0v) is 18.1. The van der Waals surface area contributed by atoms with E-state index < -0.39 is 15.3 Å². The van der Waals surface area contributed by atoms with Crippen LogP contribution < -0.4 is 5.32 Å². The predicted molar refractivity (Wildman–Crippen MR) is 118 cm³/mol. The standard InChI is InChI=1S/C21H22N4O3S2/c1-15(29-21-18-6-2-3-7-19(18)22-14-23-21)20(26)24-16-8-10-17(11-9-16)30(27,28)25-12-4-5-13-25/h2-3,6-11,14-15H,4-5,12-13H2,1H3,(H,24,26). The third kappa shape index (κ3) is 4.33. The van der Waals surface area contributed by atoms with Crippen LogP contribution in [0.5, 0.6) is 0 Å². The van der Waals surface area contributed by atoms with Crippen LogP contribution in [0, 0.1) is 0 Å². The lowest BCUT2D eigenvalue weighted by Crippen LogP contribution is -2.27. The summed E-state index contributed by atoms with van der Waals surface area (Å²) in [5.41, 5.74) is 1.39. The number of fused-ring (bicyclic) bond motifs is 1. The van der Waals surface area contributed by atoms with Gasteiger partial charge in [-0.15, -0.1) is 0 Å². The van der Waals surface area contributed by atoms with Gasteiger partial charge in [0.15, 0.2) is 0 Å². The van der Waals surface area contributed by atoms with Crippen molar-refractivity contribution in [2.24, 2.45) is 0 Å². The second-order valence-electron chi connectivity index (χ2n) is 7.08. The Morgan fingerprint density at radius 2 is 1.77 bits per heavy atom. The maximum Gasteiger partial charge on any atom is 0.243 e. The zero-order chi connectivity index (χ0) is 21.1. The highest BCUT2D eigenvalue weighted by molar-refractivity contribution is 8.00. The Bertz CT molecular complexity index is 1160. The summed E-state index contributed by atoms with van der Waals surface area (Å²) in [7, 11) is -3.46. The molecule has 0 saturated carbocycles. The number of nitrogens with zero attached hydrogens (tertiary/aromatic N) is 3. The molecule has 0 aliphatic carbocycles. The van der Waals surface area contributed by atoms with Crippen LogP contribution in [0.15, 0.2) is 64.8 Å². The molecular formula is C21H22N4O3S2.